The summed E-state index contributed by atoms with van der Waals surface area (Å²) >= 11 is 0. The summed E-state index contributed by atoms with van der Waals surface area (Å²) in [5.74, 6) is -0.307. The van der Waals surface area contributed by atoms with E-state index in [2.05, 4.69) is 16.0 Å². The standard InChI is InChI=1S/C19H22N4O2/c20-11-18(24)22-16-10-17(21-12-16)19(25)23-15-8-4-7-14(9-15)13-5-2-1-3-6-13/h1-9,16-17,21H,10-12,20H2,(H,22,24)(H,23,25)/t16-,17+/m1/s1. The molecule has 1 fully saturated rings. The van der Waals surface area contributed by atoms with Crippen LogP contribution in [0.1, 0.15) is 6.42 Å². The number of amides is 2. The highest BCUT2D eigenvalue weighted by Crippen LogP contribution is 2.22. The Morgan fingerprint density at radius 2 is 1.84 bits per heavy atom. The van der Waals surface area contributed by atoms with Crippen molar-refractivity contribution in [1.82, 2.24) is 10.6 Å². The van der Waals surface area contributed by atoms with Crippen molar-refractivity contribution in [3.8, 4) is 11.1 Å². The number of carbonyl (C=O) groups excluding carboxylic acids is 2. The van der Waals surface area contributed by atoms with Gasteiger partial charge in [0, 0.05) is 18.3 Å². The average molecular weight is 338 g/mol. The van der Waals surface area contributed by atoms with Gasteiger partial charge in [0.25, 0.3) is 0 Å². The molecule has 0 aromatic heterocycles. The zero-order valence-corrected chi connectivity index (χ0v) is 13.9. The molecule has 0 radical (unpaired) electrons. The molecule has 2 aromatic carbocycles. The van der Waals surface area contributed by atoms with E-state index < -0.39 is 0 Å². The SMILES string of the molecule is NCC(=O)N[C@H]1CN[C@H](C(=O)Nc2cccc(-c3ccccc3)c2)C1. The van der Waals surface area contributed by atoms with Crippen LogP contribution in [0.25, 0.3) is 11.1 Å². The Hall–Kier alpha value is -2.70. The average Bonchev–Trinajstić information content (AvgIpc) is 3.11. The Kier molecular flexibility index (Phi) is 5.42. The summed E-state index contributed by atoms with van der Waals surface area (Å²) < 4.78 is 0. The Morgan fingerprint density at radius 1 is 1.08 bits per heavy atom. The molecule has 0 saturated carbocycles. The summed E-state index contributed by atoms with van der Waals surface area (Å²) in [5, 5.41) is 8.88. The van der Waals surface area contributed by atoms with Gasteiger partial charge in [0.2, 0.25) is 11.8 Å². The summed E-state index contributed by atoms with van der Waals surface area (Å²) in [6.45, 7) is 0.521. The van der Waals surface area contributed by atoms with Crippen molar-refractivity contribution in [1.29, 1.82) is 0 Å². The van der Waals surface area contributed by atoms with Crippen LogP contribution in [-0.2, 0) is 9.59 Å². The normalized spacial score (nSPS) is 19.4. The molecular weight excluding hydrogens is 316 g/mol. The first kappa shape index (κ1) is 17.1. The molecule has 3 rings (SSSR count). The van der Waals surface area contributed by atoms with Crippen molar-refractivity contribution < 1.29 is 9.59 Å². The quantitative estimate of drug-likeness (QED) is 0.656. The molecule has 0 bridgehead atoms. The van der Waals surface area contributed by atoms with Gasteiger partial charge in [0.05, 0.1) is 12.6 Å². The molecule has 1 heterocycles. The second-order valence-electron chi connectivity index (χ2n) is 6.10. The lowest BCUT2D eigenvalue weighted by molar-refractivity contribution is -0.121. The van der Waals surface area contributed by atoms with E-state index in [4.69, 9.17) is 5.73 Å². The molecule has 2 aromatic rings. The van der Waals surface area contributed by atoms with Crippen LogP contribution < -0.4 is 21.7 Å². The number of benzene rings is 2. The molecule has 0 spiro atoms. The number of anilines is 1. The van der Waals surface area contributed by atoms with Crippen molar-refractivity contribution in [2.24, 2.45) is 5.73 Å². The molecule has 1 aliphatic heterocycles. The van der Waals surface area contributed by atoms with Crippen molar-refractivity contribution >= 4 is 17.5 Å². The topological polar surface area (TPSA) is 96.2 Å². The van der Waals surface area contributed by atoms with Gasteiger partial charge in [0.1, 0.15) is 0 Å². The lowest BCUT2D eigenvalue weighted by atomic mass is 10.1. The van der Waals surface area contributed by atoms with E-state index in [1.165, 1.54) is 0 Å². The number of nitrogens with one attached hydrogen (secondary N) is 3. The first-order chi connectivity index (χ1) is 12.2. The molecule has 2 atom stereocenters. The maximum absolute atomic E-state index is 12.5. The summed E-state index contributed by atoms with van der Waals surface area (Å²) in [6, 6.07) is 17.4. The van der Waals surface area contributed by atoms with Gasteiger partial charge in [-0.15, -0.1) is 0 Å². The fourth-order valence-corrected chi connectivity index (χ4v) is 2.97. The van der Waals surface area contributed by atoms with Crippen molar-refractivity contribution in [3.05, 3.63) is 54.6 Å². The van der Waals surface area contributed by atoms with Gasteiger partial charge in [-0.25, -0.2) is 0 Å². The van der Waals surface area contributed by atoms with Crippen LogP contribution in [-0.4, -0.2) is 37.0 Å². The Bertz CT molecular complexity index is 748. The van der Waals surface area contributed by atoms with Crippen molar-refractivity contribution in [3.63, 3.8) is 0 Å². The maximum Gasteiger partial charge on any atom is 0.241 e. The molecule has 0 unspecified atom stereocenters. The maximum atomic E-state index is 12.5. The predicted molar refractivity (Wildman–Crippen MR) is 97.9 cm³/mol. The van der Waals surface area contributed by atoms with Crippen LogP contribution >= 0.6 is 0 Å². The van der Waals surface area contributed by atoms with Crippen LogP contribution in [0.2, 0.25) is 0 Å². The highest BCUT2D eigenvalue weighted by molar-refractivity contribution is 5.95. The van der Waals surface area contributed by atoms with Crippen LogP contribution in [0.15, 0.2) is 54.6 Å². The highest BCUT2D eigenvalue weighted by atomic mass is 16.2. The predicted octanol–water partition coefficient (Wildman–Crippen LogP) is 1.10. The van der Waals surface area contributed by atoms with Crippen molar-refractivity contribution in [2.45, 2.75) is 18.5 Å². The number of hydrogen-bond donors (Lipinski definition) is 4. The van der Waals surface area contributed by atoms with Crippen LogP contribution in [0.5, 0.6) is 0 Å². The minimum absolute atomic E-state index is 0.0420. The molecule has 6 heteroatoms. The molecule has 130 valence electrons. The zero-order chi connectivity index (χ0) is 17.6. The number of nitrogens with two attached hydrogens (primary N) is 1. The van der Waals surface area contributed by atoms with Crippen LogP contribution in [0.3, 0.4) is 0 Å². The number of hydrogen-bond acceptors (Lipinski definition) is 4. The monoisotopic (exact) mass is 338 g/mol. The third-order valence-electron chi connectivity index (χ3n) is 4.24. The summed E-state index contributed by atoms with van der Waals surface area (Å²) in [4.78, 5) is 23.8. The summed E-state index contributed by atoms with van der Waals surface area (Å²) in [6.07, 6.45) is 0.552. The molecular formula is C19H22N4O2. The van der Waals surface area contributed by atoms with Gasteiger partial charge in [-0.1, -0.05) is 42.5 Å². The summed E-state index contributed by atoms with van der Waals surface area (Å²) in [7, 11) is 0. The smallest absolute Gasteiger partial charge is 0.241 e. The van der Waals surface area contributed by atoms with E-state index in [1.807, 2.05) is 54.6 Å². The Balaban J connectivity index is 1.61. The molecule has 2 amide bonds. The minimum Gasteiger partial charge on any atom is -0.351 e. The molecule has 0 aliphatic carbocycles. The minimum atomic E-state index is -0.330. The Morgan fingerprint density at radius 3 is 2.60 bits per heavy atom. The first-order valence-electron chi connectivity index (χ1n) is 8.35. The number of carbonyl (C=O) groups is 2. The van der Waals surface area contributed by atoms with Gasteiger partial charge in [-0.2, -0.15) is 0 Å². The first-order valence-corrected chi connectivity index (χ1v) is 8.35. The second-order valence-corrected chi connectivity index (χ2v) is 6.10. The number of rotatable bonds is 5. The van der Waals surface area contributed by atoms with E-state index in [0.29, 0.717) is 13.0 Å². The van der Waals surface area contributed by atoms with Crippen molar-refractivity contribution in [2.75, 3.05) is 18.4 Å². The van der Waals surface area contributed by atoms with E-state index in [9.17, 15) is 9.59 Å². The molecule has 5 N–H and O–H groups in total. The largest absolute Gasteiger partial charge is 0.351 e. The lowest BCUT2D eigenvalue weighted by Gasteiger charge is -2.13. The van der Waals surface area contributed by atoms with Gasteiger partial charge in [-0.05, 0) is 29.7 Å². The molecule has 1 aliphatic rings. The van der Waals surface area contributed by atoms with Gasteiger partial charge in [-0.3, -0.25) is 9.59 Å². The van der Waals surface area contributed by atoms with E-state index in [0.717, 1.165) is 16.8 Å². The third-order valence-corrected chi connectivity index (χ3v) is 4.24. The van der Waals surface area contributed by atoms with Crippen LogP contribution in [0, 0.1) is 0 Å². The lowest BCUT2D eigenvalue weighted by Crippen LogP contribution is -2.39. The van der Waals surface area contributed by atoms with E-state index in [1.54, 1.807) is 0 Å². The van der Waals surface area contributed by atoms with Gasteiger partial charge < -0.3 is 21.7 Å². The van der Waals surface area contributed by atoms with E-state index >= 15 is 0 Å². The fourth-order valence-electron chi connectivity index (χ4n) is 2.97. The third kappa shape index (κ3) is 4.43. The molecule has 25 heavy (non-hydrogen) atoms. The summed E-state index contributed by atoms with van der Waals surface area (Å²) in [5.41, 5.74) is 8.20. The molecule has 1 saturated heterocycles. The van der Waals surface area contributed by atoms with Gasteiger partial charge >= 0.3 is 0 Å². The zero-order valence-electron chi connectivity index (χ0n) is 13.9. The van der Waals surface area contributed by atoms with Crippen LogP contribution in [0.4, 0.5) is 5.69 Å². The highest BCUT2D eigenvalue weighted by Gasteiger charge is 2.30. The fraction of sp³-hybridized carbons (Fsp3) is 0.263. The molecule has 6 nitrogen and oxygen atoms in total. The van der Waals surface area contributed by atoms with Gasteiger partial charge in [0.15, 0.2) is 0 Å². The Labute approximate surface area is 146 Å². The second kappa shape index (κ2) is 7.92. The van der Waals surface area contributed by atoms with E-state index in [-0.39, 0.29) is 30.4 Å².